The average Bonchev–Trinajstić information content (AvgIpc) is 3.08. The van der Waals surface area contributed by atoms with Crippen molar-refractivity contribution in [2.75, 3.05) is 11.4 Å². The van der Waals surface area contributed by atoms with E-state index in [-0.39, 0.29) is 24.8 Å². The van der Waals surface area contributed by atoms with Crippen LogP contribution in [0.15, 0.2) is 48.5 Å². The average molecular weight is 369 g/mol. The largest absolute Gasteiger partial charge is 0.461 e. The fraction of sp³-hybridized carbons (Fsp3) is 0.364. The van der Waals surface area contributed by atoms with Crippen LogP contribution in [0.3, 0.4) is 0 Å². The first-order valence-corrected chi connectivity index (χ1v) is 9.30. The third kappa shape index (κ3) is 4.35. The number of anilines is 1. The Kier molecular flexibility index (Phi) is 5.89. The van der Waals surface area contributed by atoms with Crippen molar-refractivity contribution in [1.82, 2.24) is 0 Å². The molecular weight excluding hydrogens is 345 g/mol. The topological polar surface area (TPSA) is 46.6 Å². The molecule has 27 heavy (non-hydrogen) atoms. The molecule has 0 unspecified atom stereocenters. The maximum absolute atomic E-state index is 12.9. The number of benzene rings is 2. The summed E-state index contributed by atoms with van der Waals surface area (Å²) in [6.45, 7) is 4.65. The predicted octanol–water partition coefficient (Wildman–Crippen LogP) is 4.44. The molecule has 142 valence electrons. The van der Waals surface area contributed by atoms with Gasteiger partial charge in [0.05, 0.1) is 5.92 Å². The Morgan fingerprint density at radius 1 is 1.22 bits per heavy atom. The molecule has 1 heterocycles. The monoisotopic (exact) mass is 369 g/mol. The molecule has 2 atom stereocenters. The van der Waals surface area contributed by atoms with E-state index in [0.29, 0.717) is 18.0 Å². The van der Waals surface area contributed by atoms with Crippen molar-refractivity contribution in [1.29, 1.82) is 0 Å². The lowest BCUT2D eigenvalue weighted by atomic mass is 9.96. The highest BCUT2D eigenvalue weighted by Gasteiger charge is 2.37. The number of rotatable bonds is 6. The summed E-state index contributed by atoms with van der Waals surface area (Å²) in [5, 5.41) is 0. The van der Waals surface area contributed by atoms with Gasteiger partial charge in [-0.2, -0.15) is 0 Å². The fourth-order valence-corrected chi connectivity index (χ4v) is 3.32. The van der Waals surface area contributed by atoms with Crippen LogP contribution in [0, 0.1) is 11.7 Å². The smallest absolute Gasteiger partial charge is 0.311 e. The lowest BCUT2D eigenvalue weighted by molar-refractivity contribution is -0.149. The maximum Gasteiger partial charge on any atom is 0.311 e. The molecule has 2 aromatic rings. The summed E-state index contributed by atoms with van der Waals surface area (Å²) in [6, 6.07) is 13.7. The van der Waals surface area contributed by atoms with Gasteiger partial charge in [-0.3, -0.25) is 9.59 Å². The highest BCUT2D eigenvalue weighted by molar-refractivity contribution is 6.00. The Labute approximate surface area is 158 Å². The number of para-hydroxylation sites is 1. The van der Waals surface area contributed by atoms with Gasteiger partial charge in [-0.25, -0.2) is 4.39 Å². The number of amides is 1. The van der Waals surface area contributed by atoms with Crippen LogP contribution in [0.25, 0.3) is 0 Å². The van der Waals surface area contributed by atoms with E-state index in [1.54, 1.807) is 17.0 Å². The van der Waals surface area contributed by atoms with Crippen LogP contribution in [0.5, 0.6) is 0 Å². The number of carbonyl (C=O) groups excluding carboxylic acids is 2. The molecule has 1 amide bonds. The van der Waals surface area contributed by atoms with Crippen molar-refractivity contribution >= 4 is 17.6 Å². The molecule has 0 aromatic heterocycles. The zero-order chi connectivity index (χ0) is 19.4. The van der Waals surface area contributed by atoms with E-state index in [1.807, 2.05) is 24.3 Å². The van der Waals surface area contributed by atoms with Gasteiger partial charge in [0.1, 0.15) is 12.4 Å². The lowest BCUT2D eigenvalue weighted by Gasteiger charge is -2.23. The minimum Gasteiger partial charge on any atom is -0.461 e. The van der Waals surface area contributed by atoms with Crippen LogP contribution in [-0.4, -0.2) is 18.4 Å². The second-order valence-corrected chi connectivity index (χ2v) is 7.01. The Balaban J connectivity index is 1.67. The molecule has 0 aliphatic carbocycles. The molecule has 0 saturated carbocycles. The van der Waals surface area contributed by atoms with Gasteiger partial charge in [0.15, 0.2) is 0 Å². The van der Waals surface area contributed by atoms with E-state index in [2.05, 4.69) is 13.8 Å². The van der Waals surface area contributed by atoms with Gasteiger partial charge in [0.2, 0.25) is 5.91 Å². The van der Waals surface area contributed by atoms with Gasteiger partial charge in [0.25, 0.3) is 0 Å². The van der Waals surface area contributed by atoms with Crippen molar-refractivity contribution in [2.45, 2.75) is 39.2 Å². The Morgan fingerprint density at radius 2 is 1.93 bits per heavy atom. The number of ether oxygens (including phenoxy) is 1. The third-order valence-electron chi connectivity index (χ3n) is 5.12. The highest BCUT2D eigenvalue weighted by atomic mass is 19.1. The van der Waals surface area contributed by atoms with E-state index in [0.717, 1.165) is 17.7 Å². The molecular formula is C22H24FNO3. The second-order valence-electron chi connectivity index (χ2n) is 7.01. The van der Waals surface area contributed by atoms with Crippen LogP contribution in [-0.2, 0) is 20.9 Å². The molecule has 2 aromatic carbocycles. The van der Waals surface area contributed by atoms with Crippen molar-refractivity contribution in [3.8, 4) is 0 Å². The molecule has 0 spiro atoms. The molecule has 1 fully saturated rings. The lowest BCUT2D eigenvalue weighted by Crippen LogP contribution is -2.27. The fourth-order valence-electron chi connectivity index (χ4n) is 3.32. The number of hydrogen-bond acceptors (Lipinski definition) is 3. The molecule has 1 aliphatic rings. The summed E-state index contributed by atoms with van der Waals surface area (Å²) < 4.78 is 18.3. The van der Waals surface area contributed by atoms with Gasteiger partial charge in [-0.05, 0) is 41.7 Å². The molecule has 0 bridgehead atoms. The van der Waals surface area contributed by atoms with Crippen molar-refractivity contribution in [2.24, 2.45) is 5.92 Å². The van der Waals surface area contributed by atoms with Gasteiger partial charge in [-0.1, -0.05) is 44.2 Å². The minimum atomic E-state index is -0.483. The highest BCUT2D eigenvalue weighted by Crippen LogP contribution is 2.33. The summed E-state index contributed by atoms with van der Waals surface area (Å²) in [7, 11) is 0. The second kappa shape index (κ2) is 8.33. The molecule has 3 rings (SSSR count). The van der Waals surface area contributed by atoms with Gasteiger partial charge in [0, 0.05) is 18.7 Å². The zero-order valence-electron chi connectivity index (χ0n) is 15.7. The first-order valence-electron chi connectivity index (χ1n) is 9.30. The SMILES string of the molecule is CC[C@H](C)c1ccccc1N1C[C@@H](C(=O)OCc2ccc(F)cc2)CC1=O. The summed E-state index contributed by atoms with van der Waals surface area (Å²) in [4.78, 5) is 26.6. The van der Waals surface area contributed by atoms with Gasteiger partial charge < -0.3 is 9.64 Å². The Bertz CT molecular complexity index is 819. The summed E-state index contributed by atoms with van der Waals surface area (Å²) in [5.74, 6) is -0.936. The summed E-state index contributed by atoms with van der Waals surface area (Å²) in [5.41, 5.74) is 2.72. The van der Waals surface area contributed by atoms with Crippen molar-refractivity contribution in [3.05, 3.63) is 65.5 Å². The molecule has 1 aliphatic heterocycles. The van der Waals surface area contributed by atoms with Crippen LogP contribution in [0.4, 0.5) is 10.1 Å². The van der Waals surface area contributed by atoms with E-state index < -0.39 is 11.9 Å². The first kappa shape index (κ1) is 19.1. The number of carbonyl (C=O) groups is 2. The number of esters is 1. The van der Waals surface area contributed by atoms with Crippen LogP contribution in [0.1, 0.15) is 43.7 Å². The van der Waals surface area contributed by atoms with Gasteiger partial charge >= 0.3 is 5.97 Å². The van der Waals surface area contributed by atoms with Crippen LogP contribution >= 0.6 is 0 Å². The van der Waals surface area contributed by atoms with E-state index in [9.17, 15) is 14.0 Å². The van der Waals surface area contributed by atoms with Crippen molar-refractivity contribution < 1.29 is 18.7 Å². The zero-order valence-corrected chi connectivity index (χ0v) is 15.7. The first-order chi connectivity index (χ1) is 13.0. The molecule has 5 heteroatoms. The summed E-state index contributed by atoms with van der Waals surface area (Å²) >= 11 is 0. The maximum atomic E-state index is 12.9. The molecule has 4 nitrogen and oxygen atoms in total. The third-order valence-corrected chi connectivity index (χ3v) is 5.12. The van der Waals surface area contributed by atoms with Crippen LogP contribution in [0.2, 0.25) is 0 Å². The minimum absolute atomic E-state index is 0.0607. The number of nitrogens with zero attached hydrogens (tertiary/aromatic N) is 1. The standard InChI is InChI=1S/C22H24FNO3/c1-3-15(2)19-6-4-5-7-20(19)24-13-17(12-21(24)25)22(26)27-14-16-8-10-18(23)11-9-16/h4-11,15,17H,3,12-14H2,1-2H3/t15-,17-/m0/s1. The van der Waals surface area contributed by atoms with E-state index >= 15 is 0 Å². The summed E-state index contributed by atoms with van der Waals surface area (Å²) in [6.07, 6.45) is 1.12. The van der Waals surface area contributed by atoms with E-state index in [4.69, 9.17) is 4.74 Å². The quantitative estimate of drug-likeness (QED) is 0.708. The molecule has 0 N–H and O–H groups in total. The van der Waals surface area contributed by atoms with Crippen LogP contribution < -0.4 is 4.90 Å². The number of halogens is 1. The Morgan fingerprint density at radius 3 is 2.63 bits per heavy atom. The normalized spacial score (nSPS) is 17.8. The van der Waals surface area contributed by atoms with Gasteiger partial charge in [-0.15, -0.1) is 0 Å². The predicted molar refractivity (Wildman–Crippen MR) is 102 cm³/mol. The molecule has 0 radical (unpaired) electrons. The van der Waals surface area contributed by atoms with E-state index in [1.165, 1.54) is 12.1 Å². The molecule has 1 saturated heterocycles. The number of hydrogen-bond donors (Lipinski definition) is 0. The Hall–Kier alpha value is -2.69. The van der Waals surface area contributed by atoms with Crippen molar-refractivity contribution in [3.63, 3.8) is 0 Å².